The summed E-state index contributed by atoms with van der Waals surface area (Å²) in [5.74, 6) is -2.07. The second-order valence-electron chi connectivity index (χ2n) is 5.50. The molecule has 126 valence electrons. The Kier molecular flexibility index (Phi) is 5.07. The van der Waals surface area contributed by atoms with Gasteiger partial charge in [0, 0.05) is 6.04 Å². The number of primary amides is 1. The van der Waals surface area contributed by atoms with E-state index in [1.165, 1.54) is 18.3 Å². The van der Waals surface area contributed by atoms with Gasteiger partial charge in [-0.2, -0.15) is 13.2 Å². The molecule has 9 heteroatoms. The number of pyridine rings is 1. The van der Waals surface area contributed by atoms with Gasteiger partial charge in [0.1, 0.15) is 5.69 Å². The van der Waals surface area contributed by atoms with Gasteiger partial charge >= 0.3 is 12.2 Å². The minimum Gasteiger partial charge on any atom is -0.364 e. The summed E-state index contributed by atoms with van der Waals surface area (Å²) in [4.78, 5) is 26.5. The average molecular weight is 330 g/mol. The van der Waals surface area contributed by atoms with E-state index in [1.807, 2.05) is 0 Å². The molecule has 3 amide bonds. The minimum absolute atomic E-state index is 0.0521. The van der Waals surface area contributed by atoms with Crippen LogP contribution in [0.2, 0.25) is 0 Å². The number of carbonyl (C=O) groups excluding carboxylic acids is 2. The molecule has 2 rings (SSSR count). The van der Waals surface area contributed by atoms with Crippen molar-refractivity contribution in [3.8, 4) is 0 Å². The monoisotopic (exact) mass is 330 g/mol. The molecule has 0 spiro atoms. The topological polar surface area (TPSA) is 97.1 Å². The summed E-state index contributed by atoms with van der Waals surface area (Å²) in [6, 6.07) is 1.66. The number of halogens is 3. The van der Waals surface area contributed by atoms with Crippen molar-refractivity contribution >= 4 is 17.6 Å². The first-order chi connectivity index (χ1) is 10.8. The Labute approximate surface area is 130 Å². The Hall–Kier alpha value is -2.32. The maximum atomic E-state index is 12.7. The minimum atomic E-state index is -4.23. The van der Waals surface area contributed by atoms with Crippen LogP contribution in [-0.2, 0) is 0 Å². The molecule has 0 radical (unpaired) electrons. The second-order valence-corrected chi connectivity index (χ2v) is 5.50. The first kappa shape index (κ1) is 17.0. The molecule has 1 aromatic heterocycles. The molecule has 1 aliphatic rings. The van der Waals surface area contributed by atoms with E-state index >= 15 is 0 Å². The van der Waals surface area contributed by atoms with Gasteiger partial charge in [0.15, 0.2) is 0 Å². The van der Waals surface area contributed by atoms with Crippen LogP contribution in [-0.4, -0.2) is 29.1 Å². The van der Waals surface area contributed by atoms with Crippen LogP contribution in [0, 0.1) is 5.92 Å². The Bertz CT molecular complexity index is 574. The van der Waals surface area contributed by atoms with Gasteiger partial charge in [-0.25, -0.2) is 9.78 Å². The molecule has 0 saturated heterocycles. The van der Waals surface area contributed by atoms with E-state index in [4.69, 9.17) is 5.73 Å². The van der Waals surface area contributed by atoms with Crippen molar-refractivity contribution in [3.63, 3.8) is 0 Å². The van der Waals surface area contributed by atoms with Crippen LogP contribution >= 0.6 is 0 Å². The predicted molar refractivity (Wildman–Crippen MR) is 76.7 cm³/mol. The number of urea groups is 1. The van der Waals surface area contributed by atoms with Crippen LogP contribution in [0.15, 0.2) is 18.3 Å². The number of carbonyl (C=O) groups is 2. The van der Waals surface area contributed by atoms with Gasteiger partial charge in [0.2, 0.25) is 0 Å². The summed E-state index contributed by atoms with van der Waals surface area (Å²) in [7, 11) is 0. The number of anilines is 1. The van der Waals surface area contributed by atoms with Crippen LogP contribution in [0.1, 0.15) is 36.2 Å². The van der Waals surface area contributed by atoms with Crippen LogP contribution in [0.25, 0.3) is 0 Å². The highest BCUT2D eigenvalue weighted by Crippen LogP contribution is 2.37. The van der Waals surface area contributed by atoms with Gasteiger partial charge in [-0.15, -0.1) is 0 Å². The SMILES string of the molecule is NC(=O)c1ccc(NC(=O)NC2CCCC(C(F)(F)F)C2)cn1. The van der Waals surface area contributed by atoms with Crippen LogP contribution in [0.5, 0.6) is 0 Å². The van der Waals surface area contributed by atoms with Crippen molar-refractivity contribution in [1.82, 2.24) is 10.3 Å². The van der Waals surface area contributed by atoms with Gasteiger partial charge in [-0.1, -0.05) is 6.42 Å². The van der Waals surface area contributed by atoms with Crippen molar-refractivity contribution < 1.29 is 22.8 Å². The molecule has 2 unspecified atom stereocenters. The summed E-state index contributed by atoms with van der Waals surface area (Å²) in [6.07, 6.45) is -2.06. The number of aromatic nitrogens is 1. The zero-order chi connectivity index (χ0) is 17.0. The normalized spacial score (nSPS) is 21.5. The van der Waals surface area contributed by atoms with Crippen molar-refractivity contribution in [2.24, 2.45) is 11.7 Å². The molecule has 0 bridgehead atoms. The molecule has 0 aliphatic heterocycles. The predicted octanol–water partition coefficient (Wildman–Crippen LogP) is 2.42. The maximum Gasteiger partial charge on any atom is 0.391 e. The highest BCUT2D eigenvalue weighted by molar-refractivity contribution is 5.92. The molecule has 23 heavy (non-hydrogen) atoms. The van der Waals surface area contributed by atoms with Crippen molar-refractivity contribution in [2.75, 3.05) is 5.32 Å². The van der Waals surface area contributed by atoms with Gasteiger partial charge in [0.05, 0.1) is 17.8 Å². The fourth-order valence-electron chi connectivity index (χ4n) is 2.58. The van der Waals surface area contributed by atoms with E-state index in [0.717, 1.165) is 0 Å². The smallest absolute Gasteiger partial charge is 0.364 e. The van der Waals surface area contributed by atoms with Crippen LogP contribution in [0.4, 0.5) is 23.7 Å². The average Bonchev–Trinajstić information content (AvgIpc) is 2.47. The molecule has 1 aromatic rings. The highest BCUT2D eigenvalue weighted by atomic mass is 19.4. The number of nitrogens with one attached hydrogen (secondary N) is 2. The number of nitrogens with two attached hydrogens (primary N) is 1. The number of hydrogen-bond donors (Lipinski definition) is 3. The van der Waals surface area contributed by atoms with Crippen molar-refractivity contribution in [3.05, 3.63) is 24.0 Å². The third-order valence-electron chi connectivity index (χ3n) is 3.75. The lowest BCUT2D eigenvalue weighted by Crippen LogP contribution is -2.43. The molecule has 0 aromatic carbocycles. The van der Waals surface area contributed by atoms with Crippen molar-refractivity contribution in [1.29, 1.82) is 0 Å². The van der Waals surface area contributed by atoms with Crippen molar-refractivity contribution in [2.45, 2.75) is 37.9 Å². The standard InChI is InChI=1S/C14H17F3N4O2/c15-14(16,17)8-2-1-3-9(6-8)20-13(23)21-10-4-5-11(12(18)22)19-7-10/h4-5,7-9H,1-3,6H2,(H2,18,22)(H2,20,21,23). The Balaban J connectivity index is 1.88. The third-order valence-corrected chi connectivity index (χ3v) is 3.75. The number of rotatable bonds is 3. The summed E-state index contributed by atoms with van der Waals surface area (Å²) in [6.45, 7) is 0. The molecule has 6 nitrogen and oxygen atoms in total. The molecule has 1 heterocycles. The number of alkyl halides is 3. The third kappa shape index (κ3) is 4.83. The summed E-state index contributed by atoms with van der Waals surface area (Å²) in [5, 5.41) is 5.00. The van der Waals surface area contributed by atoms with Crippen LogP contribution in [0.3, 0.4) is 0 Å². The summed E-state index contributed by atoms with van der Waals surface area (Å²) < 4.78 is 38.2. The lowest BCUT2D eigenvalue weighted by molar-refractivity contribution is -0.183. The van der Waals surface area contributed by atoms with Crippen LogP contribution < -0.4 is 16.4 Å². The quantitative estimate of drug-likeness (QED) is 0.794. The number of amides is 3. The Morgan fingerprint density at radius 2 is 2.00 bits per heavy atom. The first-order valence-corrected chi connectivity index (χ1v) is 7.16. The molecule has 1 fully saturated rings. The molecular formula is C14H17F3N4O2. The van der Waals surface area contributed by atoms with E-state index in [0.29, 0.717) is 18.5 Å². The fraction of sp³-hybridized carbons (Fsp3) is 0.500. The molecule has 4 N–H and O–H groups in total. The summed E-state index contributed by atoms with van der Waals surface area (Å²) in [5.41, 5.74) is 5.41. The van der Waals surface area contributed by atoms with E-state index in [-0.39, 0.29) is 18.5 Å². The van der Waals surface area contributed by atoms with Gasteiger partial charge < -0.3 is 16.4 Å². The Morgan fingerprint density at radius 1 is 1.26 bits per heavy atom. The number of nitrogens with zero attached hydrogens (tertiary/aromatic N) is 1. The molecule has 1 aliphatic carbocycles. The van der Waals surface area contributed by atoms with Gasteiger partial charge in [0.25, 0.3) is 5.91 Å². The lowest BCUT2D eigenvalue weighted by atomic mass is 9.85. The molecular weight excluding hydrogens is 313 g/mol. The zero-order valence-corrected chi connectivity index (χ0v) is 12.2. The zero-order valence-electron chi connectivity index (χ0n) is 12.2. The highest BCUT2D eigenvalue weighted by Gasteiger charge is 2.42. The number of hydrogen-bond acceptors (Lipinski definition) is 3. The fourth-order valence-corrected chi connectivity index (χ4v) is 2.58. The second kappa shape index (κ2) is 6.84. The van der Waals surface area contributed by atoms with E-state index in [9.17, 15) is 22.8 Å². The van der Waals surface area contributed by atoms with E-state index in [1.54, 1.807) is 0 Å². The van der Waals surface area contributed by atoms with E-state index < -0.39 is 30.1 Å². The lowest BCUT2D eigenvalue weighted by Gasteiger charge is -2.30. The summed E-state index contributed by atoms with van der Waals surface area (Å²) >= 11 is 0. The van der Waals surface area contributed by atoms with E-state index in [2.05, 4.69) is 15.6 Å². The van der Waals surface area contributed by atoms with Gasteiger partial charge in [-0.05, 0) is 31.4 Å². The largest absolute Gasteiger partial charge is 0.391 e. The maximum absolute atomic E-state index is 12.7. The first-order valence-electron chi connectivity index (χ1n) is 7.16. The van der Waals surface area contributed by atoms with Gasteiger partial charge in [-0.3, -0.25) is 4.79 Å². The Morgan fingerprint density at radius 3 is 2.57 bits per heavy atom. The molecule has 1 saturated carbocycles. The molecule has 2 atom stereocenters.